The van der Waals surface area contributed by atoms with Crippen LogP contribution in [0.25, 0.3) is 0 Å². The molecule has 0 saturated carbocycles. The first-order valence-corrected chi connectivity index (χ1v) is 6.97. The molecule has 1 aliphatic rings. The average molecular weight is 248 g/mol. The number of nitrogens with two attached hydrogens (primary N) is 1. The number of amidine groups is 1. The monoisotopic (exact) mass is 248 g/mol. The van der Waals surface area contributed by atoms with Crippen LogP contribution >= 0.6 is 0 Å². The second kappa shape index (κ2) is 5.60. The molecule has 6 nitrogen and oxygen atoms in total. The lowest BCUT2D eigenvalue weighted by Crippen LogP contribution is -2.48. The smallest absolute Gasteiger partial charge is 0.279 e. The molecule has 0 bridgehead atoms. The zero-order valence-corrected chi connectivity index (χ0v) is 10.4. The van der Waals surface area contributed by atoms with E-state index in [9.17, 15) is 8.42 Å². The number of rotatable bonds is 5. The molecule has 1 saturated heterocycles. The summed E-state index contributed by atoms with van der Waals surface area (Å²) in [6.07, 6.45) is 3.16. The fourth-order valence-electron chi connectivity index (χ4n) is 1.83. The highest BCUT2D eigenvalue weighted by atomic mass is 32.2. The minimum Gasteiger partial charge on any atom is -0.388 e. The van der Waals surface area contributed by atoms with E-state index in [1.54, 1.807) is 0 Å². The Morgan fingerprint density at radius 2 is 2.25 bits per heavy atom. The van der Waals surface area contributed by atoms with Gasteiger partial charge in [-0.05, 0) is 19.8 Å². The van der Waals surface area contributed by atoms with E-state index in [1.165, 1.54) is 4.31 Å². The van der Waals surface area contributed by atoms with Crippen molar-refractivity contribution < 1.29 is 8.42 Å². The van der Waals surface area contributed by atoms with E-state index in [1.807, 2.05) is 6.92 Å². The van der Waals surface area contributed by atoms with Gasteiger partial charge in [0.2, 0.25) is 0 Å². The molecule has 1 atom stereocenters. The Bertz CT molecular complexity index is 341. The predicted octanol–water partition coefficient (Wildman–Crippen LogP) is 0.0213. The summed E-state index contributed by atoms with van der Waals surface area (Å²) in [4.78, 5) is 0. The van der Waals surface area contributed by atoms with Crippen molar-refractivity contribution >= 4 is 16.0 Å². The SMILES string of the molecule is CC1CCCCN1S(=O)(=O)NCCC(=N)N. The molecular formula is C9H20N4O2S. The quantitative estimate of drug-likeness (QED) is 0.472. The zero-order valence-electron chi connectivity index (χ0n) is 9.57. The van der Waals surface area contributed by atoms with E-state index in [0.717, 1.165) is 19.3 Å². The van der Waals surface area contributed by atoms with Crippen molar-refractivity contribution in [3.63, 3.8) is 0 Å². The second-order valence-corrected chi connectivity index (χ2v) is 5.84. The Balaban J connectivity index is 2.51. The minimum atomic E-state index is -3.40. The Labute approximate surface area is 96.9 Å². The summed E-state index contributed by atoms with van der Waals surface area (Å²) in [5.74, 6) is -0.00519. The van der Waals surface area contributed by atoms with Gasteiger partial charge in [-0.3, -0.25) is 5.41 Å². The van der Waals surface area contributed by atoms with Crippen LogP contribution in [-0.2, 0) is 10.2 Å². The van der Waals surface area contributed by atoms with Gasteiger partial charge in [-0.15, -0.1) is 0 Å². The molecule has 1 fully saturated rings. The molecule has 1 unspecified atom stereocenters. The highest BCUT2D eigenvalue weighted by molar-refractivity contribution is 7.87. The maximum atomic E-state index is 11.9. The molecule has 94 valence electrons. The van der Waals surface area contributed by atoms with Crippen LogP contribution in [0.4, 0.5) is 0 Å². The molecule has 7 heteroatoms. The van der Waals surface area contributed by atoms with Crippen LogP contribution in [0.3, 0.4) is 0 Å². The van der Waals surface area contributed by atoms with Crippen molar-refractivity contribution in [1.82, 2.24) is 9.03 Å². The molecule has 0 aromatic heterocycles. The Kier molecular flexibility index (Phi) is 4.69. The maximum absolute atomic E-state index is 11.9. The summed E-state index contributed by atoms with van der Waals surface area (Å²) >= 11 is 0. The van der Waals surface area contributed by atoms with E-state index in [4.69, 9.17) is 11.1 Å². The fraction of sp³-hybridized carbons (Fsp3) is 0.889. The molecule has 0 amide bonds. The molecular weight excluding hydrogens is 228 g/mol. The molecule has 0 radical (unpaired) electrons. The number of piperidine rings is 1. The lowest BCUT2D eigenvalue weighted by atomic mass is 10.1. The summed E-state index contributed by atoms with van der Waals surface area (Å²) in [5.41, 5.74) is 5.16. The first kappa shape index (κ1) is 13.4. The van der Waals surface area contributed by atoms with Crippen LogP contribution in [0.1, 0.15) is 32.6 Å². The molecule has 1 heterocycles. The highest BCUT2D eigenvalue weighted by Crippen LogP contribution is 2.18. The molecule has 16 heavy (non-hydrogen) atoms. The summed E-state index contributed by atoms with van der Waals surface area (Å²) in [6.45, 7) is 2.70. The van der Waals surface area contributed by atoms with Crippen molar-refractivity contribution in [3.05, 3.63) is 0 Å². The molecule has 0 aromatic carbocycles. The number of nitrogens with one attached hydrogen (secondary N) is 2. The van der Waals surface area contributed by atoms with Gasteiger partial charge in [-0.1, -0.05) is 6.42 Å². The average Bonchev–Trinajstić information content (AvgIpc) is 2.17. The van der Waals surface area contributed by atoms with Gasteiger partial charge in [0, 0.05) is 25.6 Å². The fourth-order valence-corrected chi connectivity index (χ4v) is 3.30. The van der Waals surface area contributed by atoms with E-state index < -0.39 is 10.2 Å². The van der Waals surface area contributed by atoms with Crippen LogP contribution in [0.15, 0.2) is 0 Å². The maximum Gasteiger partial charge on any atom is 0.279 e. The van der Waals surface area contributed by atoms with Gasteiger partial charge >= 0.3 is 0 Å². The predicted molar refractivity (Wildman–Crippen MR) is 63.5 cm³/mol. The third kappa shape index (κ3) is 3.73. The van der Waals surface area contributed by atoms with Crippen molar-refractivity contribution in [3.8, 4) is 0 Å². The molecule has 0 spiro atoms. The van der Waals surface area contributed by atoms with Gasteiger partial charge in [-0.2, -0.15) is 12.7 Å². The van der Waals surface area contributed by atoms with Crippen molar-refractivity contribution in [2.45, 2.75) is 38.6 Å². The minimum absolute atomic E-state index is 0.00519. The van der Waals surface area contributed by atoms with Gasteiger partial charge in [0.25, 0.3) is 10.2 Å². The van der Waals surface area contributed by atoms with Crippen LogP contribution in [-0.4, -0.2) is 37.7 Å². The van der Waals surface area contributed by atoms with Gasteiger partial charge in [-0.25, -0.2) is 4.72 Å². The highest BCUT2D eigenvalue weighted by Gasteiger charge is 2.28. The van der Waals surface area contributed by atoms with Crippen LogP contribution in [0.5, 0.6) is 0 Å². The number of hydrogen-bond donors (Lipinski definition) is 3. The van der Waals surface area contributed by atoms with Gasteiger partial charge in [0.1, 0.15) is 0 Å². The lowest BCUT2D eigenvalue weighted by molar-refractivity contribution is 0.265. The second-order valence-electron chi connectivity index (χ2n) is 4.13. The topological polar surface area (TPSA) is 99.3 Å². The molecule has 4 N–H and O–H groups in total. The summed E-state index contributed by atoms with van der Waals surface area (Å²) in [5, 5.41) is 7.02. The summed E-state index contributed by atoms with van der Waals surface area (Å²) < 4.78 is 27.7. The van der Waals surface area contributed by atoms with Crippen molar-refractivity contribution in [1.29, 1.82) is 5.41 Å². The van der Waals surface area contributed by atoms with E-state index >= 15 is 0 Å². The Morgan fingerprint density at radius 3 is 2.81 bits per heavy atom. The van der Waals surface area contributed by atoms with Gasteiger partial charge in [0.05, 0.1) is 5.84 Å². The van der Waals surface area contributed by atoms with Crippen LogP contribution in [0, 0.1) is 5.41 Å². The van der Waals surface area contributed by atoms with Crippen molar-refractivity contribution in [2.24, 2.45) is 5.73 Å². The van der Waals surface area contributed by atoms with Crippen molar-refractivity contribution in [2.75, 3.05) is 13.1 Å². The van der Waals surface area contributed by atoms with Crippen LogP contribution < -0.4 is 10.5 Å². The standard InChI is InChI=1S/C9H20N4O2S/c1-8-4-2-3-7-13(8)16(14,15)12-6-5-9(10)11/h8,12H,2-7H2,1H3,(H3,10,11). The van der Waals surface area contributed by atoms with E-state index in [0.29, 0.717) is 6.54 Å². The number of nitrogens with zero attached hydrogens (tertiary/aromatic N) is 1. The van der Waals surface area contributed by atoms with E-state index in [-0.39, 0.29) is 24.8 Å². The lowest BCUT2D eigenvalue weighted by Gasteiger charge is -2.32. The molecule has 1 aliphatic heterocycles. The first-order valence-electron chi connectivity index (χ1n) is 5.53. The largest absolute Gasteiger partial charge is 0.388 e. The third-order valence-electron chi connectivity index (χ3n) is 2.73. The van der Waals surface area contributed by atoms with Crippen LogP contribution in [0.2, 0.25) is 0 Å². The summed E-state index contributed by atoms with van der Waals surface area (Å²) in [6, 6.07) is 0.0589. The normalized spacial score (nSPS) is 23.2. The zero-order chi connectivity index (χ0) is 12.2. The van der Waals surface area contributed by atoms with Gasteiger partial charge < -0.3 is 5.73 Å². The van der Waals surface area contributed by atoms with E-state index in [2.05, 4.69) is 4.72 Å². The first-order chi connectivity index (χ1) is 7.43. The number of hydrogen-bond acceptors (Lipinski definition) is 3. The van der Waals surface area contributed by atoms with Gasteiger partial charge in [0.15, 0.2) is 0 Å². The molecule has 1 rings (SSSR count). The summed E-state index contributed by atoms with van der Waals surface area (Å²) in [7, 11) is -3.40. The molecule has 0 aliphatic carbocycles. The third-order valence-corrected chi connectivity index (χ3v) is 4.46. The molecule has 0 aromatic rings. The Morgan fingerprint density at radius 1 is 1.56 bits per heavy atom. The Hall–Kier alpha value is -0.660.